The Morgan fingerprint density at radius 2 is 1.65 bits per heavy atom. The van der Waals surface area contributed by atoms with Crippen molar-refractivity contribution in [1.82, 2.24) is 0 Å². The molecule has 2 N–H and O–H groups in total. The molecule has 2 aromatic rings. The van der Waals surface area contributed by atoms with E-state index in [-0.39, 0.29) is 24.0 Å². The summed E-state index contributed by atoms with van der Waals surface area (Å²) in [6, 6.07) is 15.8. The van der Waals surface area contributed by atoms with Crippen LogP contribution in [0.15, 0.2) is 53.5 Å². The van der Waals surface area contributed by atoms with Gasteiger partial charge in [-0.3, -0.25) is 0 Å². The SMILES string of the molecule is COc1ccccc1-c1ccccc1N=C(N)SC.I. The maximum Gasteiger partial charge on any atom is 0.158 e. The molecule has 0 saturated heterocycles. The summed E-state index contributed by atoms with van der Waals surface area (Å²) >= 11 is 1.43. The highest BCUT2D eigenvalue weighted by Gasteiger charge is 2.09. The molecule has 0 aromatic heterocycles. The van der Waals surface area contributed by atoms with Crippen molar-refractivity contribution in [2.45, 2.75) is 0 Å². The van der Waals surface area contributed by atoms with Crippen LogP contribution in [0.25, 0.3) is 11.1 Å². The predicted octanol–water partition coefficient (Wildman–Crippen LogP) is 4.29. The second-order valence-corrected chi connectivity index (χ2v) is 4.70. The number of para-hydroxylation sites is 2. The molecule has 0 spiro atoms. The van der Waals surface area contributed by atoms with Gasteiger partial charge in [0.2, 0.25) is 0 Å². The third-order valence-corrected chi connectivity index (χ3v) is 3.25. The molecule has 0 fully saturated rings. The van der Waals surface area contributed by atoms with Crippen molar-refractivity contribution < 1.29 is 4.74 Å². The highest BCUT2D eigenvalue weighted by Crippen LogP contribution is 2.36. The Morgan fingerprint density at radius 1 is 1.05 bits per heavy atom. The molecule has 0 aliphatic heterocycles. The fraction of sp³-hybridized carbons (Fsp3) is 0.133. The summed E-state index contributed by atoms with van der Waals surface area (Å²) < 4.78 is 5.40. The minimum Gasteiger partial charge on any atom is -0.496 e. The van der Waals surface area contributed by atoms with E-state index >= 15 is 0 Å². The number of benzene rings is 2. The third kappa shape index (κ3) is 3.89. The molecule has 20 heavy (non-hydrogen) atoms. The van der Waals surface area contributed by atoms with Gasteiger partial charge < -0.3 is 10.5 Å². The van der Waals surface area contributed by atoms with E-state index in [0.29, 0.717) is 5.17 Å². The van der Waals surface area contributed by atoms with Gasteiger partial charge >= 0.3 is 0 Å². The van der Waals surface area contributed by atoms with E-state index in [0.717, 1.165) is 22.6 Å². The zero-order valence-corrected chi connectivity index (χ0v) is 14.5. The van der Waals surface area contributed by atoms with Gasteiger partial charge in [0, 0.05) is 11.1 Å². The molecular weight excluding hydrogens is 383 g/mol. The van der Waals surface area contributed by atoms with Crippen LogP contribution in [-0.4, -0.2) is 18.5 Å². The molecule has 0 atom stereocenters. The molecule has 0 aliphatic rings. The Kier molecular flexibility index (Phi) is 6.87. The van der Waals surface area contributed by atoms with E-state index in [2.05, 4.69) is 4.99 Å². The number of nitrogens with zero attached hydrogens (tertiary/aromatic N) is 1. The first-order chi connectivity index (χ1) is 9.26. The molecule has 0 unspecified atom stereocenters. The van der Waals surface area contributed by atoms with E-state index in [1.54, 1.807) is 7.11 Å². The normalized spacial score (nSPS) is 10.8. The zero-order chi connectivity index (χ0) is 13.7. The summed E-state index contributed by atoms with van der Waals surface area (Å²) in [6.07, 6.45) is 1.91. The monoisotopic (exact) mass is 400 g/mol. The predicted molar refractivity (Wildman–Crippen MR) is 98.6 cm³/mol. The summed E-state index contributed by atoms with van der Waals surface area (Å²) in [6.45, 7) is 0. The van der Waals surface area contributed by atoms with Crippen LogP contribution in [0.2, 0.25) is 0 Å². The molecule has 2 aromatic carbocycles. The smallest absolute Gasteiger partial charge is 0.158 e. The minimum absolute atomic E-state index is 0. The molecule has 0 bridgehead atoms. The molecule has 106 valence electrons. The van der Waals surface area contributed by atoms with Crippen LogP contribution in [-0.2, 0) is 0 Å². The van der Waals surface area contributed by atoms with E-state index < -0.39 is 0 Å². The second-order valence-electron chi connectivity index (χ2n) is 3.87. The Morgan fingerprint density at radius 3 is 2.30 bits per heavy atom. The topological polar surface area (TPSA) is 47.6 Å². The number of aliphatic imine (C=N–C) groups is 1. The van der Waals surface area contributed by atoms with Crippen LogP contribution in [0, 0.1) is 0 Å². The minimum atomic E-state index is 0. The number of halogens is 1. The van der Waals surface area contributed by atoms with Gasteiger partial charge in [0.25, 0.3) is 0 Å². The van der Waals surface area contributed by atoms with Crippen LogP contribution in [0.1, 0.15) is 0 Å². The Bertz CT molecular complexity index is 602. The largest absolute Gasteiger partial charge is 0.496 e. The number of amidine groups is 1. The van der Waals surface area contributed by atoms with Gasteiger partial charge in [0.15, 0.2) is 5.17 Å². The molecule has 0 radical (unpaired) electrons. The maximum absolute atomic E-state index is 5.80. The first kappa shape index (κ1) is 16.8. The standard InChI is InChI=1S/C15H16N2OS.HI/c1-18-14-10-6-4-8-12(14)11-7-3-5-9-13(11)17-15(16)19-2;/h3-10H,1-2H3,(H2,16,17);1H. The first-order valence-corrected chi connectivity index (χ1v) is 7.09. The fourth-order valence-electron chi connectivity index (χ4n) is 1.83. The van der Waals surface area contributed by atoms with E-state index in [1.165, 1.54) is 11.8 Å². The number of hydrogen-bond donors (Lipinski definition) is 1. The summed E-state index contributed by atoms with van der Waals surface area (Å²) in [5, 5.41) is 0.544. The van der Waals surface area contributed by atoms with Crippen LogP contribution in [0.4, 0.5) is 5.69 Å². The molecule has 0 heterocycles. The molecular formula is C15H17IN2OS. The Labute approximate surface area is 140 Å². The number of thioether (sulfide) groups is 1. The number of methoxy groups -OCH3 is 1. The summed E-state index contributed by atoms with van der Waals surface area (Å²) in [4.78, 5) is 4.43. The maximum atomic E-state index is 5.80. The van der Waals surface area contributed by atoms with E-state index in [4.69, 9.17) is 10.5 Å². The summed E-state index contributed by atoms with van der Waals surface area (Å²) in [5.41, 5.74) is 8.67. The van der Waals surface area contributed by atoms with Crippen molar-refractivity contribution >= 4 is 46.6 Å². The third-order valence-electron chi connectivity index (χ3n) is 2.74. The van der Waals surface area contributed by atoms with Crippen LogP contribution in [0.3, 0.4) is 0 Å². The Hall–Kier alpha value is -1.21. The van der Waals surface area contributed by atoms with Gasteiger partial charge in [-0.1, -0.05) is 48.2 Å². The van der Waals surface area contributed by atoms with Crippen LogP contribution < -0.4 is 10.5 Å². The van der Waals surface area contributed by atoms with Gasteiger partial charge in [0.05, 0.1) is 12.8 Å². The number of hydrogen-bond acceptors (Lipinski definition) is 3. The van der Waals surface area contributed by atoms with Gasteiger partial charge in [-0.05, 0) is 18.4 Å². The van der Waals surface area contributed by atoms with Crippen LogP contribution in [0.5, 0.6) is 5.75 Å². The molecule has 0 amide bonds. The van der Waals surface area contributed by atoms with Gasteiger partial charge in [-0.25, -0.2) is 4.99 Å². The molecule has 2 rings (SSSR count). The number of nitrogens with two attached hydrogens (primary N) is 1. The zero-order valence-electron chi connectivity index (χ0n) is 11.4. The van der Waals surface area contributed by atoms with Gasteiger partial charge in [0.1, 0.15) is 5.75 Å². The lowest BCUT2D eigenvalue weighted by molar-refractivity contribution is 0.416. The highest BCUT2D eigenvalue weighted by molar-refractivity contribution is 14.0. The fourth-order valence-corrected chi connectivity index (χ4v) is 2.02. The molecule has 5 heteroatoms. The molecule has 0 aliphatic carbocycles. The first-order valence-electron chi connectivity index (χ1n) is 5.87. The average Bonchev–Trinajstić information content (AvgIpc) is 2.47. The lowest BCUT2D eigenvalue weighted by Gasteiger charge is -2.10. The van der Waals surface area contributed by atoms with Crippen molar-refractivity contribution in [2.75, 3.05) is 13.4 Å². The second kappa shape index (κ2) is 8.16. The van der Waals surface area contributed by atoms with Gasteiger partial charge in [-0.15, -0.1) is 24.0 Å². The van der Waals surface area contributed by atoms with Crippen LogP contribution >= 0.6 is 35.7 Å². The van der Waals surface area contributed by atoms with Crippen molar-refractivity contribution in [2.24, 2.45) is 10.7 Å². The number of ether oxygens (including phenoxy) is 1. The summed E-state index contributed by atoms with van der Waals surface area (Å²) in [7, 11) is 1.67. The lowest BCUT2D eigenvalue weighted by Crippen LogP contribution is -2.04. The highest BCUT2D eigenvalue weighted by atomic mass is 127. The average molecular weight is 400 g/mol. The number of rotatable bonds is 3. The van der Waals surface area contributed by atoms with E-state index in [9.17, 15) is 0 Å². The molecule has 0 saturated carbocycles. The quantitative estimate of drug-likeness (QED) is 0.475. The van der Waals surface area contributed by atoms with E-state index in [1.807, 2.05) is 54.8 Å². The van der Waals surface area contributed by atoms with Crippen molar-refractivity contribution in [1.29, 1.82) is 0 Å². The van der Waals surface area contributed by atoms with Crippen molar-refractivity contribution in [3.63, 3.8) is 0 Å². The Balaban J connectivity index is 0.00000200. The van der Waals surface area contributed by atoms with Crippen molar-refractivity contribution in [3.05, 3.63) is 48.5 Å². The molecule has 3 nitrogen and oxygen atoms in total. The summed E-state index contributed by atoms with van der Waals surface area (Å²) in [5.74, 6) is 0.827. The van der Waals surface area contributed by atoms with Gasteiger partial charge in [-0.2, -0.15) is 0 Å². The lowest BCUT2D eigenvalue weighted by atomic mass is 10.0. The van der Waals surface area contributed by atoms with Crippen molar-refractivity contribution in [3.8, 4) is 16.9 Å².